The number of aromatic nitrogens is 2. The van der Waals surface area contributed by atoms with Gasteiger partial charge in [-0.2, -0.15) is 0 Å². The maximum Gasteiger partial charge on any atom is 0.0921 e. The molecule has 0 saturated carbocycles. The minimum atomic E-state index is 0.242. The summed E-state index contributed by atoms with van der Waals surface area (Å²) in [6.45, 7) is 16.3. The van der Waals surface area contributed by atoms with Crippen molar-refractivity contribution in [3.8, 4) is 0 Å². The Balaban J connectivity index is 3.15. The van der Waals surface area contributed by atoms with Crippen molar-refractivity contribution < 1.29 is 0 Å². The Labute approximate surface area is 147 Å². The molecule has 2 heteroatoms. The number of hydrogen-bond donors (Lipinski definition) is 1. The lowest BCUT2D eigenvalue weighted by molar-refractivity contribution is 0.565. The van der Waals surface area contributed by atoms with E-state index in [1.807, 2.05) is 25.3 Å². The Morgan fingerprint density at radius 3 is 2.46 bits per heavy atom. The topological polar surface area (TPSA) is 28.7 Å². The molecule has 1 N–H and O–H groups in total. The molecule has 0 aliphatic rings. The largest absolute Gasteiger partial charge is 0.348 e. The van der Waals surface area contributed by atoms with Crippen LogP contribution in [0, 0.1) is 5.92 Å². The molecule has 0 saturated heterocycles. The molecule has 2 unspecified atom stereocenters. The fraction of sp³-hybridized carbons (Fsp3) is 0.318. The molecule has 2 atom stereocenters. The van der Waals surface area contributed by atoms with Gasteiger partial charge in [-0.05, 0) is 44.3 Å². The van der Waals surface area contributed by atoms with Gasteiger partial charge in [0.1, 0.15) is 0 Å². The van der Waals surface area contributed by atoms with Gasteiger partial charge in [0, 0.05) is 17.8 Å². The van der Waals surface area contributed by atoms with Crippen molar-refractivity contribution in [1.82, 2.24) is 9.97 Å². The van der Waals surface area contributed by atoms with Crippen molar-refractivity contribution in [1.29, 1.82) is 0 Å². The number of allylic oxidation sites excluding steroid dienone is 10. The first-order chi connectivity index (χ1) is 11.5. The number of H-pyrrole nitrogens is 1. The van der Waals surface area contributed by atoms with E-state index in [1.54, 1.807) is 6.33 Å². The number of aromatic amines is 1. The number of hydrogen-bond acceptors (Lipinski definition) is 1. The number of nitrogens with one attached hydrogen (secondary N) is 1. The van der Waals surface area contributed by atoms with Crippen LogP contribution in [0.4, 0.5) is 0 Å². The Hall–Kier alpha value is -2.35. The molecule has 1 aromatic heterocycles. The van der Waals surface area contributed by atoms with E-state index in [0.29, 0.717) is 5.92 Å². The molecule has 0 aliphatic heterocycles. The number of nitrogens with zero attached hydrogens (tertiary/aromatic N) is 1. The highest BCUT2D eigenvalue weighted by Crippen LogP contribution is 2.33. The van der Waals surface area contributed by atoms with E-state index >= 15 is 0 Å². The van der Waals surface area contributed by atoms with Gasteiger partial charge in [0.15, 0.2) is 0 Å². The molecule has 1 heterocycles. The molecule has 24 heavy (non-hydrogen) atoms. The van der Waals surface area contributed by atoms with Crippen molar-refractivity contribution in [2.45, 2.75) is 40.0 Å². The minimum Gasteiger partial charge on any atom is -0.348 e. The summed E-state index contributed by atoms with van der Waals surface area (Å²) >= 11 is 0. The summed E-state index contributed by atoms with van der Waals surface area (Å²) in [4.78, 5) is 7.47. The SMILES string of the molecule is C=C/C=C(\C=C/C)C(CC(C)/C(C=C)=C/C=C(C)C)c1cnc[nH]1. The Kier molecular flexibility index (Phi) is 8.56. The van der Waals surface area contributed by atoms with Crippen LogP contribution in [0.1, 0.15) is 45.7 Å². The third-order valence-corrected chi connectivity index (χ3v) is 3.97. The van der Waals surface area contributed by atoms with E-state index in [4.69, 9.17) is 0 Å². The highest BCUT2D eigenvalue weighted by atomic mass is 14.9. The average Bonchev–Trinajstić information content (AvgIpc) is 3.07. The first-order valence-corrected chi connectivity index (χ1v) is 8.44. The van der Waals surface area contributed by atoms with E-state index < -0.39 is 0 Å². The Morgan fingerprint density at radius 1 is 1.21 bits per heavy atom. The van der Waals surface area contributed by atoms with Gasteiger partial charge in [-0.15, -0.1) is 0 Å². The van der Waals surface area contributed by atoms with E-state index in [0.717, 1.165) is 12.1 Å². The van der Waals surface area contributed by atoms with E-state index in [1.165, 1.54) is 16.7 Å². The quantitative estimate of drug-likeness (QED) is 0.532. The van der Waals surface area contributed by atoms with Gasteiger partial charge in [0.25, 0.3) is 0 Å². The lowest BCUT2D eigenvalue weighted by Crippen LogP contribution is -2.09. The van der Waals surface area contributed by atoms with Crippen LogP contribution < -0.4 is 0 Å². The van der Waals surface area contributed by atoms with Gasteiger partial charge in [-0.1, -0.05) is 68.2 Å². The van der Waals surface area contributed by atoms with Crippen molar-refractivity contribution in [2.24, 2.45) is 5.92 Å². The predicted octanol–water partition coefficient (Wildman–Crippen LogP) is 6.29. The number of imidazole rings is 1. The molecular formula is C22H30N2. The Morgan fingerprint density at radius 2 is 1.96 bits per heavy atom. The van der Waals surface area contributed by atoms with Gasteiger partial charge in [0.2, 0.25) is 0 Å². The van der Waals surface area contributed by atoms with Crippen LogP contribution in [0.25, 0.3) is 0 Å². The second-order valence-electron chi connectivity index (χ2n) is 6.21. The smallest absolute Gasteiger partial charge is 0.0921 e. The number of rotatable bonds is 9. The second-order valence-corrected chi connectivity index (χ2v) is 6.21. The average molecular weight is 322 g/mol. The molecule has 128 valence electrons. The van der Waals surface area contributed by atoms with Crippen LogP contribution in [0.2, 0.25) is 0 Å². The third-order valence-electron chi connectivity index (χ3n) is 3.97. The maximum atomic E-state index is 4.20. The Bertz CT molecular complexity index is 636. The van der Waals surface area contributed by atoms with Crippen LogP contribution >= 0.6 is 0 Å². The van der Waals surface area contributed by atoms with E-state index in [-0.39, 0.29) is 5.92 Å². The van der Waals surface area contributed by atoms with Crippen molar-refractivity contribution >= 4 is 0 Å². The summed E-state index contributed by atoms with van der Waals surface area (Å²) in [7, 11) is 0. The third kappa shape index (κ3) is 6.04. The summed E-state index contributed by atoms with van der Waals surface area (Å²) in [5.41, 5.74) is 4.89. The maximum absolute atomic E-state index is 4.20. The normalized spacial score (nSPS) is 15.2. The first kappa shape index (κ1) is 19.7. The lowest BCUT2D eigenvalue weighted by Gasteiger charge is -2.22. The summed E-state index contributed by atoms with van der Waals surface area (Å²) in [6.07, 6.45) is 19.0. The van der Waals surface area contributed by atoms with Gasteiger partial charge >= 0.3 is 0 Å². The van der Waals surface area contributed by atoms with Gasteiger partial charge in [-0.25, -0.2) is 4.98 Å². The van der Waals surface area contributed by atoms with Gasteiger partial charge < -0.3 is 4.98 Å². The van der Waals surface area contributed by atoms with Crippen LogP contribution in [0.15, 0.2) is 84.9 Å². The molecular weight excluding hydrogens is 292 g/mol. The van der Waals surface area contributed by atoms with Gasteiger partial charge in [-0.3, -0.25) is 0 Å². The van der Waals surface area contributed by atoms with Crippen molar-refractivity contribution in [3.05, 3.63) is 90.6 Å². The molecule has 0 spiro atoms. The highest BCUT2D eigenvalue weighted by molar-refractivity contribution is 5.35. The van der Waals surface area contributed by atoms with Crippen LogP contribution in [0.3, 0.4) is 0 Å². The van der Waals surface area contributed by atoms with Crippen molar-refractivity contribution in [2.75, 3.05) is 0 Å². The van der Waals surface area contributed by atoms with Crippen molar-refractivity contribution in [3.63, 3.8) is 0 Å². The molecule has 2 nitrogen and oxygen atoms in total. The van der Waals surface area contributed by atoms with E-state index in [9.17, 15) is 0 Å². The molecule has 0 bridgehead atoms. The fourth-order valence-corrected chi connectivity index (χ4v) is 2.70. The first-order valence-electron chi connectivity index (χ1n) is 8.44. The molecule has 0 fully saturated rings. The van der Waals surface area contributed by atoms with Gasteiger partial charge in [0.05, 0.1) is 6.33 Å². The summed E-state index contributed by atoms with van der Waals surface area (Å²) in [6, 6.07) is 0. The standard InChI is InChI=1S/C22H30N2/c1-7-10-20(11-8-2)21(22-15-23-16-24-22)14-18(6)19(9-3)13-12-17(4)5/h7-13,15-16,18,21H,1,3,14H2,2,4-6H3,(H,23,24)/b11-8-,19-13+,20-10+. The zero-order chi connectivity index (χ0) is 17.9. The molecule has 1 aromatic rings. The van der Waals surface area contributed by atoms with Crippen LogP contribution in [-0.4, -0.2) is 9.97 Å². The zero-order valence-electron chi connectivity index (χ0n) is 15.4. The second kappa shape index (κ2) is 10.4. The summed E-state index contributed by atoms with van der Waals surface area (Å²) in [5, 5.41) is 0. The zero-order valence-corrected chi connectivity index (χ0v) is 15.4. The highest BCUT2D eigenvalue weighted by Gasteiger charge is 2.20. The molecule has 0 aromatic carbocycles. The van der Waals surface area contributed by atoms with Crippen LogP contribution in [0.5, 0.6) is 0 Å². The predicted molar refractivity (Wildman–Crippen MR) is 106 cm³/mol. The minimum absolute atomic E-state index is 0.242. The lowest BCUT2D eigenvalue weighted by atomic mass is 9.83. The molecule has 0 amide bonds. The molecule has 0 aliphatic carbocycles. The summed E-state index contributed by atoms with van der Waals surface area (Å²) < 4.78 is 0. The fourth-order valence-electron chi connectivity index (χ4n) is 2.70. The van der Waals surface area contributed by atoms with E-state index in [2.05, 4.69) is 74.3 Å². The molecule has 0 radical (unpaired) electrons. The molecule has 1 rings (SSSR count). The summed E-state index contributed by atoms with van der Waals surface area (Å²) in [5.74, 6) is 0.622. The monoisotopic (exact) mass is 322 g/mol. The van der Waals surface area contributed by atoms with Crippen LogP contribution in [-0.2, 0) is 0 Å².